The van der Waals surface area contributed by atoms with Crippen molar-refractivity contribution in [2.75, 3.05) is 12.4 Å². The van der Waals surface area contributed by atoms with Gasteiger partial charge in [0.05, 0.1) is 28.4 Å². The number of rotatable bonds is 5. The number of nitrogens with two attached hydrogens (primary N) is 1. The number of nitrogens with zero attached hydrogens (tertiary/aromatic N) is 2. The van der Waals surface area contributed by atoms with Crippen LogP contribution in [0.25, 0.3) is 10.9 Å². The Morgan fingerprint density at radius 2 is 1.87 bits per heavy atom. The van der Waals surface area contributed by atoms with Gasteiger partial charge in [0.2, 0.25) is 0 Å². The van der Waals surface area contributed by atoms with E-state index >= 15 is 0 Å². The summed E-state index contributed by atoms with van der Waals surface area (Å²) < 4.78 is 25.9. The standard InChI is InChI=1S/C19H17Cl2FN4O2.C2H6/c1-27-15-7-14-11(6-16(15)28-10-4-9(23)5-10)19(25-8-24-14)26-13-3-2-12(20)17(21)18(13)22;1-2/h2-3,6-10H,4-5,23H2,1H3,(H,24,25,26);1-2H3. The lowest BCUT2D eigenvalue weighted by Gasteiger charge is -2.33. The fourth-order valence-electron chi connectivity index (χ4n) is 3.05. The molecule has 9 heteroatoms. The maximum Gasteiger partial charge on any atom is 0.166 e. The Labute approximate surface area is 184 Å². The Morgan fingerprint density at radius 1 is 1.13 bits per heavy atom. The largest absolute Gasteiger partial charge is 0.493 e. The number of methoxy groups -OCH3 is 1. The molecule has 0 amide bonds. The predicted molar refractivity (Wildman–Crippen MR) is 119 cm³/mol. The zero-order valence-electron chi connectivity index (χ0n) is 16.9. The Balaban J connectivity index is 0.00000124. The first-order valence-corrected chi connectivity index (χ1v) is 10.4. The summed E-state index contributed by atoms with van der Waals surface area (Å²) in [6.45, 7) is 4.00. The molecule has 4 rings (SSSR count). The topological polar surface area (TPSA) is 82.3 Å². The summed E-state index contributed by atoms with van der Waals surface area (Å²) >= 11 is 11.7. The third-order valence-electron chi connectivity index (χ3n) is 4.63. The minimum absolute atomic E-state index is 0.0370. The molecular weight excluding hydrogens is 430 g/mol. The van der Waals surface area contributed by atoms with Crippen LogP contribution in [0, 0.1) is 5.82 Å². The molecule has 3 N–H and O–H groups in total. The van der Waals surface area contributed by atoms with E-state index in [0.29, 0.717) is 28.2 Å². The van der Waals surface area contributed by atoms with E-state index in [1.165, 1.54) is 18.5 Å². The minimum atomic E-state index is -0.658. The highest BCUT2D eigenvalue weighted by atomic mass is 35.5. The van der Waals surface area contributed by atoms with E-state index in [2.05, 4.69) is 15.3 Å². The Bertz CT molecular complexity index is 1050. The van der Waals surface area contributed by atoms with Crippen molar-refractivity contribution < 1.29 is 13.9 Å². The molecule has 3 aromatic rings. The molecule has 1 aliphatic carbocycles. The van der Waals surface area contributed by atoms with Crippen LogP contribution < -0.4 is 20.5 Å². The van der Waals surface area contributed by atoms with Gasteiger partial charge in [-0.15, -0.1) is 0 Å². The van der Waals surface area contributed by atoms with Crippen LogP contribution in [0.4, 0.5) is 15.9 Å². The highest BCUT2D eigenvalue weighted by molar-refractivity contribution is 6.42. The number of anilines is 2. The fraction of sp³-hybridized carbons (Fsp3) is 0.333. The van der Waals surface area contributed by atoms with Crippen molar-refractivity contribution in [3.63, 3.8) is 0 Å². The predicted octanol–water partition coefficient (Wildman–Crippen LogP) is 5.72. The van der Waals surface area contributed by atoms with Crippen molar-refractivity contribution in [2.45, 2.75) is 38.8 Å². The van der Waals surface area contributed by atoms with Crippen molar-refractivity contribution in [1.82, 2.24) is 9.97 Å². The smallest absolute Gasteiger partial charge is 0.166 e. The summed E-state index contributed by atoms with van der Waals surface area (Å²) in [4.78, 5) is 8.50. The maximum absolute atomic E-state index is 14.4. The first kappa shape index (κ1) is 22.3. The van der Waals surface area contributed by atoms with Crippen LogP contribution in [-0.4, -0.2) is 29.2 Å². The van der Waals surface area contributed by atoms with Gasteiger partial charge in [-0.25, -0.2) is 14.4 Å². The van der Waals surface area contributed by atoms with E-state index in [1.807, 2.05) is 13.8 Å². The highest BCUT2D eigenvalue weighted by Crippen LogP contribution is 2.38. The number of ether oxygens (including phenoxy) is 2. The van der Waals surface area contributed by atoms with Crippen LogP contribution in [0.15, 0.2) is 30.6 Å². The van der Waals surface area contributed by atoms with E-state index in [0.717, 1.165) is 12.8 Å². The summed E-state index contributed by atoms with van der Waals surface area (Å²) in [5.41, 5.74) is 6.60. The molecule has 0 spiro atoms. The molecule has 160 valence electrons. The van der Waals surface area contributed by atoms with Crippen molar-refractivity contribution in [3.8, 4) is 11.5 Å². The molecule has 0 unspecified atom stereocenters. The van der Waals surface area contributed by atoms with Crippen molar-refractivity contribution in [1.29, 1.82) is 0 Å². The van der Waals surface area contributed by atoms with Crippen LogP contribution in [0.1, 0.15) is 26.7 Å². The third kappa shape index (κ3) is 4.53. The summed E-state index contributed by atoms with van der Waals surface area (Å²) in [5.74, 6) is 0.854. The van der Waals surface area contributed by atoms with E-state index in [-0.39, 0.29) is 27.9 Å². The molecule has 0 aliphatic heterocycles. The van der Waals surface area contributed by atoms with Crippen LogP contribution in [0.5, 0.6) is 11.5 Å². The monoisotopic (exact) mass is 452 g/mol. The second-order valence-electron chi connectivity index (χ2n) is 6.56. The first-order valence-electron chi connectivity index (χ1n) is 9.61. The van der Waals surface area contributed by atoms with E-state index in [1.54, 1.807) is 19.2 Å². The van der Waals surface area contributed by atoms with Gasteiger partial charge in [-0.1, -0.05) is 37.0 Å². The minimum Gasteiger partial charge on any atom is -0.493 e. The lowest BCUT2D eigenvalue weighted by molar-refractivity contribution is 0.0975. The second-order valence-corrected chi connectivity index (χ2v) is 7.35. The number of fused-ring (bicyclic) bond motifs is 1. The molecule has 1 aromatic heterocycles. The Morgan fingerprint density at radius 3 is 2.53 bits per heavy atom. The fourth-order valence-corrected chi connectivity index (χ4v) is 3.36. The van der Waals surface area contributed by atoms with Crippen molar-refractivity contribution in [2.24, 2.45) is 5.73 Å². The second kappa shape index (κ2) is 9.64. The van der Waals surface area contributed by atoms with Gasteiger partial charge in [0, 0.05) is 17.5 Å². The van der Waals surface area contributed by atoms with Gasteiger partial charge in [0.1, 0.15) is 18.2 Å². The Kier molecular flexibility index (Phi) is 7.18. The van der Waals surface area contributed by atoms with Gasteiger partial charge in [0.15, 0.2) is 17.3 Å². The molecule has 1 heterocycles. The van der Waals surface area contributed by atoms with E-state index < -0.39 is 5.82 Å². The van der Waals surface area contributed by atoms with E-state index in [9.17, 15) is 4.39 Å². The number of halogens is 3. The third-order valence-corrected chi connectivity index (χ3v) is 5.42. The Hall–Kier alpha value is -2.35. The number of nitrogens with one attached hydrogen (secondary N) is 1. The summed E-state index contributed by atoms with van der Waals surface area (Å²) in [5, 5.41) is 3.58. The molecule has 0 radical (unpaired) electrons. The van der Waals surface area contributed by atoms with Gasteiger partial charge in [-0.05, 0) is 31.0 Å². The molecule has 2 aromatic carbocycles. The average Bonchev–Trinajstić information content (AvgIpc) is 2.74. The molecule has 0 atom stereocenters. The van der Waals surface area contributed by atoms with Crippen LogP contribution in [0.3, 0.4) is 0 Å². The number of benzene rings is 2. The van der Waals surface area contributed by atoms with Gasteiger partial charge in [-0.2, -0.15) is 0 Å². The van der Waals surface area contributed by atoms with Gasteiger partial charge in [-0.3, -0.25) is 0 Å². The average molecular weight is 453 g/mol. The summed E-state index contributed by atoms with van der Waals surface area (Å²) in [6, 6.07) is 6.69. The van der Waals surface area contributed by atoms with Crippen LogP contribution >= 0.6 is 23.2 Å². The number of aromatic nitrogens is 2. The summed E-state index contributed by atoms with van der Waals surface area (Å²) in [6.07, 6.45) is 2.98. The van der Waals surface area contributed by atoms with Crippen molar-refractivity contribution in [3.05, 3.63) is 46.5 Å². The molecule has 1 aliphatic rings. The normalized spacial score (nSPS) is 17.6. The van der Waals surface area contributed by atoms with Gasteiger partial charge >= 0.3 is 0 Å². The number of hydrogen-bond donors (Lipinski definition) is 2. The molecule has 6 nitrogen and oxygen atoms in total. The number of hydrogen-bond acceptors (Lipinski definition) is 6. The molecule has 30 heavy (non-hydrogen) atoms. The molecule has 1 saturated carbocycles. The van der Waals surface area contributed by atoms with Crippen molar-refractivity contribution >= 4 is 45.6 Å². The zero-order valence-corrected chi connectivity index (χ0v) is 18.4. The first-order chi connectivity index (χ1) is 14.5. The van der Waals surface area contributed by atoms with E-state index in [4.69, 9.17) is 38.4 Å². The highest BCUT2D eigenvalue weighted by Gasteiger charge is 2.28. The SMILES string of the molecule is CC.COc1cc2ncnc(Nc3ccc(Cl)c(Cl)c3F)c2cc1OC1CC(N)C1. The lowest BCUT2D eigenvalue weighted by Crippen LogP contribution is -2.43. The zero-order chi connectivity index (χ0) is 21.8. The van der Waals surface area contributed by atoms with Gasteiger partial charge in [0.25, 0.3) is 0 Å². The maximum atomic E-state index is 14.4. The molecule has 0 bridgehead atoms. The quantitative estimate of drug-likeness (QED) is 0.481. The summed E-state index contributed by atoms with van der Waals surface area (Å²) in [7, 11) is 1.56. The molecular formula is C21H23Cl2FN4O2. The van der Waals surface area contributed by atoms with Gasteiger partial charge < -0.3 is 20.5 Å². The lowest BCUT2D eigenvalue weighted by atomic mass is 9.90. The van der Waals surface area contributed by atoms with Crippen LogP contribution in [-0.2, 0) is 0 Å². The molecule has 1 fully saturated rings. The van der Waals surface area contributed by atoms with Crippen LogP contribution in [0.2, 0.25) is 10.0 Å². The molecule has 0 saturated heterocycles.